The summed E-state index contributed by atoms with van der Waals surface area (Å²) >= 11 is 5.83. The second-order valence-corrected chi connectivity index (χ2v) is 8.60. The average molecular weight is 421 g/mol. The lowest BCUT2D eigenvalue weighted by molar-refractivity contribution is -0.145. The SMILES string of the molecule is Cc1ccc(S(=O)(=O)CCC(=O)OCc2nnc(-c3ccc(Cl)cc3)o2)cc1. The normalized spacial score (nSPS) is 11.4. The van der Waals surface area contributed by atoms with Gasteiger partial charge in [-0.2, -0.15) is 0 Å². The molecule has 0 unspecified atom stereocenters. The molecule has 0 fully saturated rings. The molecule has 1 aromatic heterocycles. The number of carbonyl (C=O) groups is 1. The fourth-order valence-electron chi connectivity index (χ4n) is 2.32. The molecule has 0 N–H and O–H groups in total. The third kappa shape index (κ3) is 5.17. The molecular weight excluding hydrogens is 404 g/mol. The molecule has 0 saturated heterocycles. The summed E-state index contributed by atoms with van der Waals surface area (Å²) in [6.45, 7) is 1.63. The number of esters is 1. The molecule has 0 aliphatic carbocycles. The molecule has 2 aromatic carbocycles. The summed E-state index contributed by atoms with van der Waals surface area (Å²) in [7, 11) is -3.55. The number of hydrogen-bond acceptors (Lipinski definition) is 7. The van der Waals surface area contributed by atoms with Crippen LogP contribution in [0.5, 0.6) is 0 Å². The minimum absolute atomic E-state index is 0.111. The Morgan fingerprint density at radius 1 is 1.07 bits per heavy atom. The standard InChI is InChI=1S/C19H17ClN2O5S/c1-13-2-8-16(9-3-13)28(24,25)11-10-18(23)26-12-17-21-22-19(27-17)14-4-6-15(20)7-5-14/h2-9H,10-12H2,1H3. The van der Waals surface area contributed by atoms with Gasteiger partial charge in [0, 0.05) is 10.6 Å². The Morgan fingerprint density at radius 2 is 1.75 bits per heavy atom. The van der Waals surface area contributed by atoms with Crippen molar-refractivity contribution in [2.75, 3.05) is 5.75 Å². The van der Waals surface area contributed by atoms with E-state index in [-0.39, 0.29) is 35.5 Å². The number of halogens is 1. The highest BCUT2D eigenvalue weighted by Crippen LogP contribution is 2.20. The smallest absolute Gasteiger partial charge is 0.307 e. The zero-order valence-corrected chi connectivity index (χ0v) is 16.5. The predicted octanol–water partition coefficient (Wildman–Crippen LogP) is 3.61. The molecule has 0 aliphatic heterocycles. The molecule has 0 atom stereocenters. The minimum atomic E-state index is -3.55. The van der Waals surface area contributed by atoms with Crippen LogP contribution < -0.4 is 0 Å². The van der Waals surface area contributed by atoms with Crippen LogP contribution in [0.15, 0.2) is 57.8 Å². The molecule has 0 bridgehead atoms. The molecule has 1 heterocycles. The molecule has 7 nitrogen and oxygen atoms in total. The zero-order chi connectivity index (χ0) is 20.1. The van der Waals surface area contributed by atoms with Crippen molar-refractivity contribution in [3.8, 4) is 11.5 Å². The molecule has 3 aromatic rings. The summed E-state index contributed by atoms with van der Waals surface area (Å²) in [5.74, 6) is -0.624. The molecule has 28 heavy (non-hydrogen) atoms. The number of carbonyl (C=O) groups excluding carboxylic acids is 1. The highest BCUT2D eigenvalue weighted by Gasteiger charge is 2.18. The first-order valence-electron chi connectivity index (χ1n) is 8.37. The monoisotopic (exact) mass is 420 g/mol. The first-order chi connectivity index (χ1) is 13.3. The third-order valence-electron chi connectivity index (χ3n) is 3.87. The molecule has 0 radical (unpaired) electrons. The second kappa shape index (κ2) is 8.53. The van der Waals surface area contributed by atoms with Gasteiger partial charge in [0.2, 0.25) is 5.89 Å². The lowest BCUT2D eigenvalue weighted by Crippen LogP contribution is -2.13. The van der Waals surface area contributed by atoms with Gasteiger partial charge in [-0.05, 0) is 43.3 Å². The Hall–Kier alpha value is -2.71. The number of nitrogens with zero attached hydrogens (tertiary/aromatic N) is 2. The van der Waals surface area contributed by atoms with Gasteiger partial charge < -0.3 is 9.15 Å². The van der Waals surface area contributed by atoms with E-state index in [1.165, 1.54) is 12.1 Å². The molecular formula is C19H17ClN2O5S. The fourth-order valence-corrected chi connectivity index (χ4v) is 3.66. The van der Waals surface area contributed by atoms with E-state index < -0.39 is 15.8 Å². The molecule has 146 valence electrons. The first kappa shape index (κ1) is 20.0. The van der Waals surface area contributed by atoms with Crippen molar-refractivity contribution < 1.29 is 22.4 Å². The van der Waals surface area contributed by atoms with Crippen LogP contribution in [0.1, 0.15) is 17.9 Å². The van der Waals surface area contributed by atoms with Gasteiger partial charge in [-0.1, -0.05) is 29.3 Å². The van der Waals surface area contributed by atoms with Crippen LogP contribution >= 0.6 is 11.6 Å². The van der Waals surface area contributed by atoms with Crippen molar-refractivity contribution in [2.45, 2.75) is 24.8 Å². The molecule has 9 heteroatoms. The zero-order valence-electron chi connectivity index (χ0n) is 15.0. The maximum absolute atomic E-state index is 12.2. The Kier molecular flexibility index (Phi) is 6.11. The Morgan fingerprint density at radius 3 is 2.43 bits per heavy atom. The summed E-state index contributed by atoms with van der Waals surface area (Å²) in [6, 6.07) is 13.3. The number of aromatic nitrogens is 2. The number of sulfone groups is 1. The molecule has 0 aliphatic rings. The van der Waals surface area contributed by atoms with Crippen molar-refractivity contribution in [2.24, 2.45) is 0 Å². The number of ether oxygens (including phenoxy) is 1. The summed E-state index contributed by atoms with van der Waals surface area (Å²) in [6.07, 6.45) is -0.269. The largest absolute Gasteiger partial charge is 0.456 e. The van der Waals surface area contributed by atoms with Crippen LogP contribution in [-0.2, 0) is 26.0 Å². The van der Waals surface area contributed by atoms with Crippen molar-refractivity contribution in [3.05, 3.63) is 65.0 Å². The molecule has 0 spiro atoms. The van der Waals surface area contributed by atoms with Gasteiger partial charge in [-0.15, -0.1) is 10.2 Å². The van der Waals surface area contributed by atoms with Crippen LogP contribution in [0.2, 0.25) is 5.02 Å². The van der Waals surface area contributed by atoms with Crippen LogP contribution in [0.25, 0.3) is 11.5 Å². The number of rotatable bonds is 7. The highest BCUT2D eigenvalue weighted by atomic mass is 35.5. The van der Waals surface area contributed by atoms with Gasteiger partial charge in [-0.25, -0.2) is 8.42 Å². The Labute approximate surface area is 167 Å². The van der Waals surface area contributed by atoms with Gasteiger partial charge >= 0.3 is 5.97 Å². The predicted molar refractivity (Wildman–Crippen MR) is 102 cm³/mol. The maximum Gasteiger partial charge on any atom is 0.307 e. The third-order valence-corrected chi connectivity index (χ3v) is 5.85. The fraction of sp³-hybridized carbons (Fsp3) is 0.211. The summed E-state index contributed by atoms with van der Waals surface area (Å²) < 4.78 is 34.9. The maximum atomic E-state index is 12.2. The van der Waals surface area contributed by atoms with Crippen molar-refractivity contribution >= 4 is 27.4 Å². The Balaban J connectivity index is 1.52. The van der Waals surface area contributed by atoms with E-state index in [4.69, 9.17) is 20.8 Å². The number of hydrogen-bond donors (Lipinski definition) is 0. The van der Waals surface area contributed by atoms with Crippen molar-refractivity contribution in [1.29, 1.82) is 0 Å². The van der Waals surface area contributed by atoms with Crippen LogP contribution in [-0.4, -0.2) is 30.3 Å². The van der Waals surface area contributed by atoms with Gasteiger partial charge in [0.05, 0.1) is 17.1 Å². The minimum Gasteiger partial charge on any atom is -0.456 e. The lowest BCUT2D eigenvalue weighted by atomic mass is 10.2. The van der Waals surface area contributed by atoms with E-state index in [9.17, 15) is 13.2 Å². The van der Waals surface area contributed by atoms with Crippen LogP contribution in [0.3, 0.4) is 0 Å². The van der Waals surface area contributed by atoms with Crippen LogP contribution in [0.4, 0.5) is 0 Å². The average Bonchev–Trinajstić information content (AvgIpc) is 3.15. The number of benzene rings is 2. The molecule has 0 amide bonds. The van der Waals surface area contributed by atoms with Crippen molar-refractivity contribution in [3.63, 3.8) is 0 Å². The summed E-state index contributed by atoms with van der Waals surface area (Å²) in [5.41, 5.74) is 1.63. The van der Waals surface area contributed by atoms with Gasteiger partial charge in [-0.3, -0.25) is 4.79 Å². The topological polar surface area (TPSA) is 99.4 Å². The Bertz CT molecular complexity index is 1060. The van der Waals surface area contributed by atoms with Crippen LogP contribution in [0, 0.1) is 6.92 Å². The van der Waals surface area contributed by atoms with Gasteiger partial charge in [0.25, 0.3) is 5.89 Å². The highest BCUT2D eigenvalue weighted by molar-refractivity contribution is 7.91. The second-order valence-electron chi connectivity index (χ2n) is 6.05. The van der Waals surface area contributed by atoms with Gasteiger partial charge in [0.1, 0.15) is 0 Å². The molecule has 0 saturated carbocycles. The van der Waals surface area contributed by atoms with E-state index in [0.717, 1.165) is 5.56 Å². The van der Waals surface area contributed by atoms with E-state index in [1.807, 2.05) is 6.92 Å². The molecule has 3 rings (SSSR count). The summed E-state index contributed by atoms with van der Waals surface area (Å²) in [5, 5.41) is 8.27. The lowest BCUT2D eigenvalue weighted by Gasteiger charge is -2.05. The van der Waals surface area contributed by atoms with E-state index in [2.05, 4.69) is 10.2 Å². The van der Waals surface area contributed by atoms with Crippen molar-refractivity contribution in [1.82, 2.24) is 10.2 Å². The number of aryl methyl sites for hydroxylation is 1. The van der Waals surface area contributed by atoms with E-state index in [1.54, 1.807) is 36.4 Å². The van der Waals surface area contributed by atoms with Gasteiger partial charge in [0.15, 0.2) is 16.4 Å². The summed E-state index contributed by atoms with van der Waals surface area (Å²) in [4.78, 5) is 12.0. The quantitative estimate of drug-likeness (QED) is 0.538. The van der Waals surface area contributed by atoms with E-state index >= 15 is 0 Å². The van der Waals surface area contributed by atoms with E-state index in [0.29, 0.717) is 10.6 Å². The first-order valence-corrected chi connectivity index (χ1v) is 10.4.